The number of aromatic hydroxyl groups is 2. The maximum Gasteiger partial charge on any atom is 0.356 e. The third kappa shape index (κ3) is 8.25. The molecule has 58 heavy (non-hydrogen) atoms. The lowest BCUT2D eigenvalue weighted by Crippen LogP contribution is -2.10. The number of hydrogen-bond acceptors (Lipinski definition) is 19. The van der Waals surface area contributed by atoms with E-state index in [1.54, 1.807) is 0 Å². The first kappa shape index (κ1) is 41.8. The summed E-state index contributed by atoms with van der Waals surface area (Å²) < 4.78 is 104. The molecule has 0 aliphatic heterocycles. The molecule has 8 N–H and O–H groups in total. The summed E-state index contributed by atoms with van der Waals surface area (Å²) >= 11 is 0. The van der Waals surface area contributed by atoms with Crippen molar-refractivity contribution in [2.24, 2.45) is 37.7 Å². The molecule has 302 valence electrons. The van der Waals surface area contributed by atoms with Gasteiger partial charge in [0.25, 0.3) is 41.6 Å². The predicted molar refractivity (Wildman–Crippen MR) is 189 cm³/mol. The minimum atomic E-state index is -5.49. The predicted octanol–water partition coefficient (Wildman–Crippen LogP) is 4.57. The zero-order valence-electron chi connectivity index (χ0n) is 28.0. The molecule has 1 aromatic heterocycles. The molecule has 0 saturated carbocycles. The number of nitro groups is 1. The molecule has 5 aromatic rings. The van der Waals surface area contributed by atoms with Crippen LogP contribution in [0.2, 0.25) is 0 Å². The summed E-state index contributed by atoms with van der Waals surface area (Å²) in [5, 5.41) is 74.3. The summed E-state index contributed by atoms with van der Waals surface area (Å²) in [5.74, 6) is -6.14. The van der Waals surface area contributed by atoms with Crippen molar-refractivity contribution in [1.29, 1.82) is 0 Å². The van der Waals surface area contributed by atoms with Gasteiger partial charge in [0.2, 0.25) is 0 Å². The number of phenolic OH excluding ortho intramolecular Hbond substituents is 2. The first-order chi connectivity index (χ1) is 26.8. The van der Waals surface area contributed by atoms with Crippen molar-refractivity contribution in [3.8, 4) is 11.5 Å². The number of aryl methyl sites for hydroxylation is 1. The molecule has 1 heterocycles. The molecular formula is C28H19N9O18S3. The number of benzene rings is 4. The number of fused-ring (bicyclic) bond motifs is 1. The number of rotatable bonds is 12. The molecule has 0 spiro atoms. The van der Waals surface area contributed by atoms with Crippen LogP contribution in [0, 0.1) is 10.1 Å². The van der Waals surface area contributed by atoms with Gasteiger partial charge in [-0.15, -0.1) is 25.6 Å². The number of nitro benzene ring substituents is 1. The molecule has 0 amide bonds. The van der Waals surface area contributed by atoms with Crippen LogP contribution in [0.15, 0.2) is 98.7 Å². The van der Waals surface area contributed by atoms with E-state index in [1.807, 2.05) is 0 Å². The van der Waals surface area contributed by atoms with Crippen molar-refractivity contribution < 1.29 is 73.9 Å². The summed E-state index contributed by atoms with van der Waals surface area (Å²) in [6, 6.07) is 5.28. The maximum atomic E-state index is 12.4. The number of carboxylic acid groups (broad SMARTS) is 2. The number of azo groups is 3. The Bertz CT molecular complexity index is 3140. The second kappa shape index (κ2) is 14.9. The summed E-state index contributed by atoms with van der Waals surface area (Å²) in [6.45, 7) is 0. The highest BCUT2D eigenvalue weighted by Gasteiger charge is 2.30. The Morgan fingerprint density at radius 1 is 0.690 bits per heavy atom. The van der Waals surface area contributed by atoms with Crippen LogP contribution in [0.3, 0.4) is 0 Å². The van der Waals surface area contributed by atoms with Gasteiger partial charge < -0.3 is 20.4 Å². The highest BCUT2D eigenvalue weighted by atomic mass is 32.2. The van der Waals surface area contributed by atoms with Crippen LogP contribution in [-0.4, -0.2) is 86.0 Å². The number of phenols is 2. The number of carboxylic acids is 2. The SMILES string of the molecule is Cn1[nH]c(C(=O)O)c(N=Nc2ccc(N=Nc3c(S(=O)(=O)O)cc4cc(S(=O)(=O)O)c(N=Nc5ccc([N+](=O)[O-])cc5S(=O)(=O)O)c(O)c4c3O)c(C(=O)O)c2)c1=O. The van der Waals surface area contributed by atoms with E-state index in [0.717, 1.165) is 22.9 Å². The Morgan fingerprint density at radius 2 is 1.19 bits per heavy atom. The molecule has 0 bridgehead atoms. The average Bonchev–Trinajstić information content (AvgIpc) is 3.40. The third-order valence-electron chi connectivity index (χ3n) is 7.47. The molecule has 30 heteroatoms. The number of aromatic nitrogens is 2. The number of non-ortho nitro benzene ring substituents is 1. The number of nitrogens with one attached hydrogen (secondary N) is 1. The summed E-state index contributed by atoms with van der Waals surface area (Å²) in [4.78, 5) is 42.0. The Hall–Kier alpha value is -7.38. The lowest BCUT2D eigenvalue weighted by molar-refractivity contribution is -0.385. The van der Waals surface area contributed by atoms with Crippen LogP contribution in [0.25, 0.3) is 10.8 Å². The highest BCUT2D eigenvalue weighted by Crippen LogP contribution is 2.50. The summed E-state index contributed by atoms with van der Waals surface area (Å²) in [6.07, 6.45) is 0. The van der Waals surface area contributed by atoms with Gasteiger partial charge in [0.15, 0.2) is 22.9 Å². The van der Waals surface area contributed by atoms with E-state index in [1.165, 1.54) is 7.05 Å². The van der Waals surface area contributed by atoms with Gasteiger partial charge >= 0.3 is 11.9 Å². The monoisotopic (exact) mass is 865 g/mol. The zero-order chi connectivity index (χ0) is 43.2. The third-order valence-corrected chi connectivity index (χ3v) is 10.1. The quantitative estimate of drug-likeness (QED) is 0.0368. The number of hydrogen-bond donors (Lipinski definition) is 8. The minimum Gasteiger partial charge on any atom is -0.505 e. The van der Waals surface area contributed by atoms with E-state index < -0.39 is 135 Å². The molecule has 4 aromatic carbocycles. The Kier molecular flexibility index (Phi) is 10.8. The Morgan fingerprint density at radius 3 is 1.67 bits per heavy atom. The van der Waals surface area contributed by atoms with Gasteiger partial charge in [-0.3, -0.25) is 38.3 Å². The van der Waals surface area contributed by atoms with Crippen LogP contribution in [0.4, 0.5) is 39.8 Å². The van der Waals surface area contributed by atoms with Gasteiger partial charge in [-0.1, -0.05) is 0 Å². The molecule has 0 radical (unpaired) electrons. The van der Waals surface area contributed by atoms with Crippen LogP contribution >= 0.6 is 0 Å². The van der Waals surface area contributed by atoms with Crippen LogP contribution in [0.5, 0.6) is 11.5 Å². The maximum absolute atomic E-state index is 12.4. The molecule has 0 aliphatic rings. The number of nitrogens with zero attached hydrogens (tertiary/aromatic N) is 8. The smallest absolute Gasteiger partial charge is 0.356 e. The van der Waals surface area contributed by atoms with Crippen molar-refractivity contribution in [2.75, 3.05) is 0 Å². The van der Waals surface area contributed by atoms with Crippen molar-refractivity contribution >= 4 is 92.9 Å². The first-order valence-electron chi connectivity index (χ1n) is 14.7. The van der Waals surface area contributed by atoms with Crippen molar-refractivity contribution in [2.45, 2.75) is 14.7 Å². The molecule has 27 nitrogen and oxygen atoms in total. The second-order valence-corrected chi connectivity index (χ2v) is 15.4. The fourth-order valence-electron chi connectivity index (χ4n) is 4.89. The summed E-state index contributed by atoms with van der Waals surface area (Å²) in [7, 11) is -15.1. The molecule has 0 aliphatic carbocycles. The number of carbonyl (C=O) groups is 2. The van der Waals surface area contributed by atoms with E-state index >= 15 is 0 Å². The van der Waals surface area contributed by atoms with Crippen molar-refractivity contribution in [3.63, 3.8) is 0 Å². The fourth-order valence-corrected chi connectivity index (χ4v) is 6.85. The lowest BCUT2D eigenvalue weighted by atomic mass is 10.1. The minimum absolute atomic E-state index is 0.290. The lowest BCUT2D eigenvalue weighted by Gasteiger charge is -2.13. The van der Waals surface area contributed by atoms with E-state index in [9.17, 15) is 83.8 Å². The van der Waals surface area contributed by atoms with E-state index in [0.29, 0.717) is 30.3 Å². The Labute approximate surface area is 320 Å². The topological polar surface area (TPSA) is 433 Å². The Balaban J connectivity index is 1.70. The van der Waals surface area contributed by atoms with E-state index in [2.05, 4.69) is 35.8 Å². The van der Waals surface area contributed by atoms with E-state index in [-0.39, 0.29) is 5.69 Å². The van der Waals surface area contributed by atoms with Gasteiger partial charge in [0, 0.05) is 19.2 Å². The van der Waals surface area contributed by atoms with Gasteiger partial charge in [0.1, 0.15) is 37.4 Å². The van der Waals surface area contributed by atoms with Crippen LogP contribution in [-0.2, 0) is 37.4 Å². The normalized spacial score (nSPS) is 12.6. The molecule has 0 saturated heterocycles. The molecular weight excluding hydrogens is 847 g/mol. The standard InChI is InChI=1S/C28H19N9O18S3/c1-36-26(40)22(23(35-36)28(43)44)34-29-11-2-4-14(13(8-11)27(41)42)30-32-20-17(57(50,51)52)6-10-7-18(58(53,54)55)21(25(39)19(10)24(20)38)33-31-15-5-3-12(37(45)46)9-16(15)56(47,48)49/h2-9,35,38-39H,1H3,(H,41,42)(H,43,44)(H,47,48,49)(H,50,51,52)(H,53,54,55). The average molecular weight is 866 g/mol. The van der Waals surface area contributed by atoms with E-state index in [4.69, 9.17) is 0 Å². The van der Waals surface area contributed by atoms with Gasteiger partial charge in [0.05, 0.1) is 21.6 Å². The number of aromatic amines is 1. The van der Waals surface area contributed by atoms with Gasteiger partial charge in [-0.05, 0) is 41.8 Å². The van der Waals surface area contributed by atoms with Crippen molar-refractivity contribution in [3.05, 3.63) is 80.3 Å². The van der Waals surface area contributed by atoms with Crippen molar-refractivity contribution in [1.82, 2.24) is 9.78 Å². The molecule has 5 rings (SSSR count). The molecule has 0 fully saturated rings. The van der Waals surface area contributed by atoms with Crippen LogP contribution < -0.4 is 5.56 Å². The molecule has 0 unspecified atom stereocenters. The highest BCUT2D eigenvalue weighted by molar-refractivity contribution is 7.86. The van der Waals surface area contributed by atoms with Gasteiger partial charge in [-0.25, -0.2) is 9.59 Å². The largest absolute Gasteiger partial charge is 0.505 e. The molecule has 0 atom stereocenters. The first-order valence-corrected chi connectivity index (χ1v) is 19.0. The number of H-pyrrole nitrogens is 1. The number of aromatic carboxylic acids is 2. The fraction of sp³-hybridized carbons (Fsp3) is 0.0357. The summed E-state index contributed by atoms with van der Waals surface area (Å²) in [5.41, 5.74) is -8.06. The second-order valence-electron chi connectivity index (χ2n) is 11.2. The van der Waals surface area contributed by atoms with Crippen LogP contribution in [0.1, 0.15) is 20.8 Å². The van der Waals surface area contributed by atoms with Gasteiger partial charge in [-0.2, -0.15) is 30.4 Å². The zero-order valence-corrected chi connectivity index (χ0v) is 30.5.